The molecule has 1 saturated carbocycles. The Bertz CT molecular complexity index is 172. The number of aliphatic hydroxyl groups excluding tert-OH is 1. The highest BCUT2D eigenvalue weighted by molar-refractivity contribution is 4.72. The van der Waals surface area contributed by atoms with Crippen molar-refractivity contribution in [2.45, 2.75) is 71.3 Å². The average Bonchev–Trinajstić information content (AvgIpc) is 2.53. The van der Waals surface area contributed by atoms with Gasteiger partial charge in [0.15, 0.2) is 0 Å². The van der Waals surface area contributed by atoms with E-state index >= 15 is 0 Å². The van der Waals surface area contributed by atoms with Gasteiger partial charge < -0.3 is 10.4 Å². The number of rotatable bonds is 6. The van der Waals surface area contributed by atoms with E-state index in [0.717, 1.165) is 19.0 Å². The number of hydrogen-bond donors (Lipinski definition) is 2. The molecule has 1 aliphatic carbocycles. The maximum absolute atomic E-state index is 9.16. The van der Waals surface area contributed by atoms with Gasteiger partial charge in [0, 0.05) is 12.6 Å². The summed E-state index contributed by atoms with van der Waals surface area (Å²) < 4.78 is 0. The predicted molar refractivity (Wildman–Crippen MR) is 69.6 cm³/mol. The van der Waals surface area contributed by atoms with Crippen molar-refractivity contribution in [1.29, 1.82) is 0 Å². The Balaban J connectivity index is 2.05. The number of hydrogen-bond acceptors (Lipinski definition) is 2. The lowest BCUT2D eigenvalue weighted by Gasteiger charge is -2.22. The van der Waals surface area contributed by atoms with Gasteiger partial charge in [-0.1, -0.05) is 39.5 Å². The van der Waals surface area contributed by atoms with Gasteiger partial charge >= 0.3 is 0 Å². The molecular formula is C14H29NO. The van der Waals surface area contributed by atoms with E-state index in [0.29, 0.717) is 6.61 Å². The molecule has 0 aromatic heterocycles. The molecule has 0 radical (unpaired) electrons. The van der Waals surface area contributed by atoms with Crippen LogP contribution in [0.4, 0.5) is 0 Å². The van der Waals surface area contributed by atoms with Crippen LogP contribution in [0.15, 0.2) is 0 Å². The van der Waals surface area contributed by atoms with E-state index in [9.17, 15) is 0 Å². The van der Waals surface area contributed by atoms with Crippen LogP contribution in [0, 0.1) is 5.41 Å². The minimum Gasteiger partial charge on any atom is -0.396 e. The molecule has 0 spiro atoms. The van der Waals surface area contributed by atoms with Crippen LogP contribution >= 0.6 is 0 Å². The normalized spacial score (nSPS) is 19.7. The molecule has 96 valence electrons. The highest BCUT2D eigenvalue weighted by Gasteiger charge is 2.16. The Hall–Kier alpha value is -0.0800. The van der Waals surface area contributed by atoms with Crippen LogP contribution in [0.5, 0.6) is 0 Å². The average molecular weight is 227 g/mol. The molecule has 16 heavy (non-hydrogen) atoms. The molecule has 0 heterocycles. The van der Waals surface area contributed by atoms with Crippen molar-refractivity contribution >= 4 is 0 Å². The van der Waals surface area contributed by atoms with Gasteiger partial charge in [-0.05, 0) is 37.6 Å². The second-order valence-electron chi connectivity index (χ2n) is 6.07. The van der Waals surface area contributed by atoms with Gasteiger partial charge in [0.2, 0.25) is 0 Å². The second-order valence-corrected chi connectivity index (χ2v) is 6.07. The molecule has 1 rings (SSSR count). The molecule has 0 amide bonds. The fourth-order valence-electron chi connectivity index (χ4n) is 2.44. The lowest BCUT2D eigenvalue weighted by molar-refractivity contribution is 0.147. The molecule has 2 heteroatoms. The third-order valence-corrected chi connectivity index (χ3v) is 3.75. The summed E-state index contributed by atoms with van der Waals surface area (Å²) in [7, 11) is 0. The first-order valence-corrected chi connectivity index (χ1v) is 6.98. The van der Waals surface area contributed by atoms with Gasteiger partial charge in [-0.3, -0.25) is 0 Å². The summed E-state index contributed by atoms with van der Waals surface area (Å²) in [5.41, 5.74) is 0.102. The fourth-order valence-corrected chi connectivity index (χ4v) is 2.44. The standard InChI is InChI=1S/C14H29NO/c1-14(2,12-16)10-7-11-15-13-8-5-3-4-6-9-13/h13,15-16H,3-12H2,1-2H3. The van der Waals surface area contributed by atoms with Gasteiger partial charge in [0.05, 0.1) is 0 Å². The van der Waals surface area contributed by atoms with Crippen molar-refractivity contribution in [3.05, 3.63) is 0 Å². The van der Waals surface area contributed by atoms with E-state index in [1.807, 2.05) is 0 Å². The third kappa shape index (κ3) is 5.86. The van der Waals surface area contributed by atoms with Gasteiger partial charge in [0.25, 0.3) is 0 Å². The molecule has 2 nitrogen and oxygen atoms in total. The van der Waals surface area contributed by atoms with E-state index < -0.39 is 0 Å². The number of nitrogens with one attached hydrogen (secondary N) is 1. The van der Waals surface area contributed by atoms with Gasteiger partial charge in [-0.15, -0.1) is 0 Å². The molecular weight excluding hydrogens is 198 g/mol. The van der Waals surface area contributed by atoms with Crippen molar-refractivity contribution in [3.8, 4) is 0 Å². The van der Waals surface area contributed by atoms with Crippen molar-refractivity contribution in [1.82, 2.24) is 5.32 Å². The van der Waals surface area contributed by atoms with Crippen LogP contribution in [-0.2, 0) is 0 Å². The minimum absolute atomic E-state index is 0.102. The van der Waals surface area contributed by atoms with E-state index in [-0.39, 0.29) is 5.41 Å². The summed E-state index contributed by atoms with van der Waals surface area (Å²) in [5.74, 6) is 0. The SMILES string of the molecule is CC(C)(CO)CCCNC1CCCCCC1. The van der Waals surface area contributed by atoms with Gasteiger partial charge in [-0.25, -0.2) is 0 Å². The monoisotopic (exact) mass is 227 g/mol. The van der Waals surface area contributed by atoms with E-state index in [1.165, 1.54) is 44.9 Å². The molecule has 2 N–H and O–H groups in total. The van der Waals surface area contributed by atoms with Gasteiger partial charge in [-0.2, -0.15) is 0 Å². The number of aliphatic hydroxyl groups is 1. The van der Waals surface area contributed by atoms with E-state index in [2.05, 4.69) is 19.2 Å². The summed E-state index contributed by atoms with van der Waals surface area (Å²) in [4.78, 5) is 0. The first kappa shape index (κ1) is 14.0. The third-order valence-electron chi connectivity index (χ3n) is 3.75. The van der Waals surface area contributed by atoms with Crippen LogP contribution in [0.2, 0.25) is 0 Å². The van der Waals surface area contributed by atoms with Crippen LogP contribution in [-0.4, -0.2) is 24.3 Å². The topological polar surface area (TPSA) is 32.3 Å². The molecule has 0 bridgehead atoms. The maximum Gasteiger partial charge on any atom is 0.0482 e. The molecule has 0 saturated heterocycles. The maximum atomic E-state index is 9.16. The first-order chi connectivity index (χ1) is 7.64. The second kappa shape index (κ2) is 7.29. The minimum atomic E-state index is 0.102. The molecule has 1 aliphatic rings. The highest BCUT2D eigenvalue weighted by atomic mass is 16.3. The van der Waals surface area contributed by atoms with Crippen molar-refractivity contribution in [3.63, 3.8) is 0 Å². The Morgan fingerprint density at radius 3 is 2.31 bits per heavy atom. The predicted octanol–water partition coefficient (Wildman–Crippen LogP) is 3.10. The Morgan fingerprint density at radius 1 is 1.12 bits per heavy atom. The molecule has 0 aromatic carbocycles. The van der Waals surface area contributed by atoms with Crippen molar-refractivity contribution < 1.29 is 5.11 Å². The Morgan fingerprint density at radius 2 is 1.75 bits per heavy atom. The van der Waals surface area contributed by atoms with Crippen molar-refractivity contribution in [2.75, 3.05) is 13.2 Å². The largest absolute Gasteiger partial charge is 0.396 e. The summed E-state index contributed by atoms with van der Waals surface area (Å²) in [6.45, 7) is 5.70. The van der Waals surface area contributed by atoms with E-state index in [1.54, 1.807) is 0 Å². The van der Waals surface area contributed by atoms with E-state index in [4.69, 9.17) is 5.11 Å². The lowest BCUT2D eigenvalue weighted by Crippen LogP contribution is -2.30. The van der Waals surface area contributed by atoms with Crippen molar-refractivity contribution in [2.24, 2.45) is 5.41 Å². The van der Waals surface area contributed by atoms with Gasteiger partial charge in [0.1, 0.15) is 0 Å². The Labute approximate surface area is 101 Å². The van der Waals surface area contributed by atoms with Crippen LogP contribution in [0.1, 0.15) is 65.2 Å². The van der Waals surface area contributed by atoms with Crippen LogP contribution in [0.25, 0.3) is 0 Å². The highest BCUT2D eigenvalue weighted by Crippen LogP contribution is 2.21. The quantitative estimate of drug-likeness (QED) is 0.540. The zero-order chi connectivity index (χ0) is 11.9. The molecule has 0 unspecified atom stereocenters. The molecule has 0 aromatic rings. The zero-order valence-corrected chi connectivity index (χ0v) is 11.1. The fraction of sp³-hybridized carbons (Fsp3) is 1.00. The Kier molecular flexibility index (Phi) is 6.37. The summed E-state index contributed by atoms with van der Waals surface area (Å²) in [5, 5.41) is 12.8. The molecule has 0 aliphatic heterocycles. The summed E-state index contributed by atoms with van der Waals surface area (Å²) >= 11 is 0. The molecule has 0 atom stereocenters. The lowest BCUT2D eigenvalue weighted by atomic mass is 9.89. The first-order valence-electron chi connectivity index (χ1n) is 6.98. The van der Waals surface area contributed by atoms with Crippen LogP contribution < -0.4 is 5.32 Å². The van der Waals surface area contributed by atoms with Crippen LogP contribution in [0.3, 0.4) is 0 Å². The smallest absolute Gasteiger partial charge is 0.0482 e. The summed E-state index contributed by atoms with van der Waals surface area (Å²) in [6.07, 6.45) is 10.7. The molecule has 1 fully saturated rings. The zero-order valence-electron chi connectivity index (χ0n) is 11.1. The summed E-state index contributed by atoms with van der Waals surface area (Å²) in [6, 6.07) is 0.764.